The van der Waals surface area contributed by atoms with E-state index in [0.717, 1.165) is 48.5 Å². The van der Waals surface area contributed by atoms with Crippen molar-refractivity contribution < 1.29 is 4.39 Å². The van der Waals surface area contributed by atoms with Gasteiger partial charge >= 0.3 is 0 Å². The van der Waals surface area contributed by atoms with Crippen molar-refractivity contribution in [1.82, 2.24) is 20.5 Å². The topological polar surface area (TPSA) is 55.5 Å². The van der Waals surface area contributed by atoms with Crippen LogP contribution < -0.4 is 10.6 Å². The third-order valence-corrected chi connectivity index (χ3v) is 4.69. The number of benzene rings is 1. The monoisotopic (exact) mass is 459 g/mol. The first kappa shape index (κ1) is 20.0. The molecule has 0 radical (unpaired) electrons. The number of nitrogens with one attached hydrogen (secondary N) is 3. The van der Waals surface area contributed by atoms with Gasteiger partial charge in [0.1, 0.15) is 5.82 Å². The Bertz CT molecular complexity index is 715. The second-order valence-corrected chi connectivity index (χ2v) is 6.55. The molecule has 2 aromatic rings. The van der Waals surface area contributed by atoms with E-state index in [-0.39, 0.29) is 29.8 Å². The van der Waals surface area contributed by atoms with Gasteiger partial charge in [0.15, 0.2) is 5.96 Å². The molecule has 1 aromatic carbocycles. The second kappa shape index (κ2) is 9.38. The number of aromatic amines is 1. The minimum absolute atomic E-state index is 0. The lowest BCUT2D eigenvalue weighted by Gasteiger charge is -2.15. The van der Waals surface area contributed by atoms with Crippen molar-refractivity contribution >= 4 is 40.8 Å². The third-order valence-electron chi connectivity index (χ3n) is 4.69. The summed E-state index contributed by atoms with van der Waals surface area (Å²) in [7, 11) is 3.95. The van der Waals surface area contributed by atoms with Gasteiger partial charge in [-0.1, -0.05) is 0 Å². The molecule has 7 heteroatoms. The van der Waals surface area contributed by atoms with Crippen molar-refractivity contribution in [2.45, 2.75) is 12.8 Å². The molecule has 3 rings (SSSR count). The van der Waals surface area contributed by atoms with E-state index < -0.39 is 0 Å². The largest absolute Gasteiger partial charge is 0.361 e. The molecule has 1 aliphatic heterocycles. The molecule has 2 heterocycles. The fourth-order valence-corrected chi connectivity index (χ4v) is 3.33. The minimum atomic E-state index is -0.199. The quantitative estimate of drug-likeness (QED) is 0.366. The first-order chi connectivity index (χ1) is 11.7. The second-order valence-electron chi connectivity index (χ2n) is 6.55. The highest BCUT2D eigenvalue weighted by Crippen LogP contribution is 2.19. The number of nitrogens with zero attached hydrogens (tertiary/aromatic N) is 2. The number of H-pyrrole nitrogens is 1. The Kier molecular flexibility index (Phi) is 7.49. The van der Waals surface area contributed by atoms with Gasteiger partial charge in [-0.2, -0.15) is 0 Å². The minimum Gasteiger partial charge on any atom is -0.361 e. The maximum Gasteiger partial charge on any atom is 0.190 e. The summed E-state index contributed by atoms with van der Waals surface area (Å²) in [5.74, 6) is 1.32. The van der Waals surface area contributed by atoms with Gasteiger partial charge in [-0.3, -0.25) is 4.99 Å². The Morgan fingerprint density at radius 1 is 1.40 bits per heavy atom. The standard InChI is InChI=1S/C18H26FN5.HI/c1-20-18(23-10-13-6-8-24(2)12-13)21-7-5-14-11-22-17-4-3-15(19)9-16(14)17;/h3-4,9,11,13,22H,5-8,10,12H2,1-2H3,(H2,20,21,23);1H. The SMILES string of the molecule is CN=C(NCCc1c[nH]c2ccc(F)cc12)NCC1CCN(C)C1.I. The lowest BCUT2D eigenvalue weighted by atomic mass is 10.1. The van der Waals surface area contributed by atoms with E-state index in [9.17, 15) is 4.39 Å². The summed E-state index contributed by atoms with van der Waals surface area (Å²) in [5.41, 5.74) is 2.09. The van der Waals surface area contributed by atoms with Crippen LogP contribution >= 0.6 is 24.0 Å². The zero-order chi connectivity index (χ0) is 16.9. The van der Waals surface area contributed by atoms with Crippen LogP contribution in [0.5, 0.6) is 0 Å². The van der Waals surface area contributed by atoms with Gasteiger partial charge in [-0.05, 0) is 56.1 Å². The molecule has 0 amide bonds. The van der Waals surface area contributed by atoms with Gasteiger partial charge in [0, 0.05) is 43.8 Å². The van der Waals surface area contributed by atoms with Crippen LogP contribution in [0.25, 0.3) is 10.9 Å². The molecule has 1 aromatic heterocycles. The van der Waals surface area contributed by atoms with Gasteiger partial charge in [0.2, 0.25) is 0 Å². The summed E-state index contributed by atoms with van der Waals surface area (Å²) in [4.78, 5) is 9.83. The Hall–Kier alpha value is -1.35. The van der Waals surface area contributed by atoms with Gasteiger partial charge in [0.05, 0.1) is 0 Å². The highest BCUT2D eigenvalue weighted by molar-refractivity contribution is 14.0. The molecule has 0 saturated carbocycles. The van der Waals surface area contributed by atoms with Crippen LogP contribution in [-0.4, -0.2) is 56.1 Å². The molecule has 25 heavy (non-hydrogen) atoms. The molecule has 0 aliphatic carbocycles. The van der Waals surface area contributed by atoms with Gasteiger partial charge in [-0.25, -0.2) is 4.39 Å². The predicted octanol–water partition coefficient (Wildman–Crippen LogP) is 2.58. The van der Waals surface area contributed by atoms with E-state index in [0.29, 0.717) is 5.92 Å². The number of guanidine groups is 1. The molecule has 1 unspecified atom stereocenters. The van der Waals surface area contributed by atoms with E-state index in [1.165, 1.54) is 19.0 Å². The van der Waals surface area contributed by atoms with E-state index in [2.05, 4.69) is 32.6 Å². The number of rotatable bonds is 5. The Labute approximate surface area is 165 Å². The van der Waals surface area contributed by atoms with Crippen LogP contribution in [-0.2, 0) is 6.42 Å². The highest BCUT2D eigenvalue weighted by Gasteiger charge is 2.19. The molecule has 138 valence electrons. The Morgan fingerprint density at radius 2 is 2.24 bits per heavy atom. The van der Waals surface area contributed by atoms with Crippen LogP contribution in [0, 0.1) is 11.7 Å². The summed E-state index contributed by atoms with van der Waals surface area (Å²) in [5, 5.41) is 7.70. The smallest absolute Gasteiger partial charge is 0.190 e. The first-order valence-electron chi connectivity index (χ1n) is 8.54. The molecule has 0 bridgehead atoms. The van der Waals surface area contributed by atoms with E-state index >= 15 is 0 Å². The average Bonchev–Trinajstić information content (AvgIpc) is 3.17. The Balaban J connectivity index is 0.00000225. The summed E-state index contributed by atoms with van der Waals surface area (Å²) < 4.78 is 13.4. The summed E-state index contributed by atoms with van der Waals surface area (Å²) >= 11 is 0. The van der Waals surface area contributed by atoms with Crippen molar-refractivity contribution in [3.05, 3.63) is 35.8 Å². The zero-order valence-corrected chi connectivity index (χ0v) is 17.1. The summed E-state index contributed by atoms with van der Waals surface area (Å²) in [6.07, 6.45) is 4.01. The molecule has 5 nitrogen and oxygen atoms in total. The van der Waals surface area contributed by atoms with E-state index in [1.54, 1.807) is 19.2 Å². The number of hydrogen-bond donors (Lipinski definition) is 3. The lowest BCUT2D eigenvalue weighted by Crippen LogP contribution is -2.40. The van der Waals surface area contributed by atoms with Gasteiger partial charge < -0.3 is 20.5 Å². The van der Waals surface area contributed by atoms with Crippen molar-refractivity contribution in [1.29, 1.82) is 0 Å². The van der Waals surface area contributed by atoms with Crippen molar-refractivity contribution in [2.75, 3.05) is 40.3 Å². The average molecular weight is 459 g/mol. The van der Waals surface area contributed by atoms with Crippen molar-refractivity contribution in [3.63, 3.8) is 0 Å². The van der Waals surface area contributed by atoms with E-state index in [1.807, 2.05) is 6.20 Å². The van der Waals surface area contributed by atoms with Crippen LogP contribution in [0.3, 0.4) is 0 Å². The van der Waals surface area contributed by atoms with Crippen molar-refractivity contribution in [3.8, 4) is 0 Å². The molecular formula is C18H27FIN5. The summed E-state index contributed by atoms with van der Waals surface area (Å²) in [6.45, 7) is 4.02. The molecule has 1 atom stereocenters. The first-order valence-corrected chi connectivity index (χ1v) is 8.54. The number of halogens is 2. The predicted molar refractivity (Wildman–Crippen MR) is 112 cm³/mol. The maximum absolute atomic E-state index is 13.4. The van der Waals surface area contributed by atoms with Crippen LogP contribution in [0.1, 0.15) is 12.0 Å². The Morgan fingerprint density at radius 3 is 2.96 bits per heavy atom. The lowest BCUT2D eigenvalue weighted by molar-refractivity contribution is 0.394. The van der Waals surface area contributed by atoms with Crippen LogP contribution in [0.15, 0.2) is 29.4 Å². The zero-order valence-electron chi connectivity index (χ0n) is 14.8. The molecule has 3 N–H and O–H groups in total. The fraction of sp³-hybridized carbons (Fsp3) is 0.500. The molecular weight excluding hydrogens is 432 g/mol. The number of aromatic nitrogens is 1. The fourth-order valence-electron chi connectivity index (χ4n) is 3.33. The molecule has 0 spiro atoms. The van der Waals surface area contributed by atoms with Crippen molar-refractivity contribution in [2.24, 2.45) is 10.9 Å². The molecule has 1 aliphatic rings. The highest BCUT2D eigenvalue weighted by atomic mass is 127. The number of fused-ring (bicyclic) bond motifs is 1. The molecule has 1 fully saturated rings. The maximum atomic E-state index is 13.4. The van der Waals surface area contributed by atoms with Crippen LogP contribution in [0.4, 0.5) is 4.39 Å². The van der Waals surface area contributed by atoms with E-state index in [4.69, 9.17) is 0 Å². The number of aliphatic imine (C=N–C) groups is 1. The number of hydrogen-bond acceptors (Lipinski definition) is 2. The summed E-state index contributed by atoms with van der Waals surface area (Å²) in [6, 6.07) is 4.85. The van der Waals surface area contributed by atoms with Gasteiger partial charge in [0.25, 0.3) is 0 Å². The number of likely N-dealkylation sites (tertiary alicyclic amines) is 1. The molecule has 1 saturated heterocycles. The van der Waals surface area contributed by atoms with Crippen LogP contribution in [0.2, 0.25) is 0 Å². The normalized spacial score (nSPS) is 18.4. The third kappa shape index (κ3) is 5.31. The van der Waals surface area contributed by atoms with Gasteiger partial charge in [-0.15, -0.1) is 24.0 Å².